The van der Waals surface area contributed by atoms with E-state index in [0.29, 0.717) is 5.76 Å². The molecule has 3 rings (SSSR count). The molecule has 2 heterocycles. The molecular formula is C18H20N2O3. The van der Waals surface area contributed by atoms with Gasteiger partial charge in [0.15, 0.2) is 11.2 Å². The molecular weight excluding hydrogens is 292 g/mol. The number of amides is 1. The fourth-order valence-electron chi connectivity index (χ4n) is 2.89. The zero-order valence-corrected chi connectivity index (χ0v) is 13.1. The van der Waals surface area contributed by atoms with E-state index in [2.05, 4.69) is 22.3 Å². The number of carbonyl (C=O) groups is 1. The number of hydrogen-bond acceptors (Lipinski definition) is 4. The van der Waals surface area contributed by atoms with Crippen molar-refractivity contribution in [3.05, 3.63) is 64.2 Å². The van der Waals surface area contributed by atoms with Crippen molar-refractivity contribution < 1.29 is 9.21 Å². The van der Waals surface area contributed by atoms with E-state index < -0.39 is 0 Å². The first kappa shape index (κ1) is 15.3. The molecule has 1 aromatic carbocycles. The minimum atomic E-state index is -0.316. The third-order valence-corrected chi connectivity index (χ3v) is 4.07. The van der Waals surface area contributed by atoms with Crippen molar-refractivity contribution in [3.63, 3.8) is 0 Å². The van der Waals surface area contributed by atoms with Gasteiger partial charge in [-0.15, -0.1) is 0 Å². The zero-order chi connectivity index (χ0) is 16.2. The molecule has 1 N–H and O–H groups in total. The Morgan fingerprint density at radius 2 is 1.87 bits per heavy atom. The number of rotatable bonds is 3. The first-order valence-electron chi connectivity index (χ1n) is 7.84. The second-order valence-corrected chi connectivity index (χ2v) is 5.84. The van der Waals surface area contributed by atoms with Crippen molar-refractivity contribution in [1.82, 2.24) is 5.32 Å². The number of para-hydroxylation sites is 1. The fraction of sp³-hybridized carbons (Fsp3) is 0.333. The van der Waals surface area contributed by atoms with Gasteiger partial charge >= 0.3 is 0 Å². The van der Waals surface area contributed by atoms with Gasteiger partial charge in [0, 0.05) is 37.0 Å². The number of piperidine rings is 1. The van der Waals surface area contributed by atoms with Crippen LogP contribution in [0.3, 0.4) is 0 Å². The zero-order valence-electron chi connectivity index (χ0n) is 13.1. The first-order chi connectivity index (χ1) is 11.1. The molecule has 0 bridgehead atoms. The Morgan fingerprint density at radius 1 is 1.17 bits per heavy atom. The molecule has 1 aromatic heterocycles. The van der Waals surface area contributed by atoms with Gasteiger partial charge in [0.05, 0.1) is 0 Å². The van der Waals surface area contributed by atoms with E-state index in [1.165, 1.54) is 17.8 Å². The molecule has 0 unspecified atom stereocenters. The monoisotopic (exact) mass is 312 g/mol. The lowest BCUT2D eigenvalue weighted by Crippen LogP contribution is -2.44. The highest BCUT2D eigenvalue weighted by Crippen LogP contribution is 2.19. The van der Waals surface area contributed by atoms with Crippen LogP contribution >= 0.6 is 0 Å². The van der Waals surface area contributed by atoms with Crippen LogP contribution in [0.25, 0.3) is 0 Å². The van der Waals surface area contributed by atoms with Crippen LogP contribution in [0.4, 0.5) is 5.69 Å². The Morgan fingerprint density at radius 3 is 2.52 bits per heavy atom. The average molecular weight is 312 g/mol. The Balaban J connectivity index is 1.58. The second-order valence-electron chi connectivity index (χ2n) is 5.84. The summed E-state index contributed by atoms with van der Waals surface area (Å²) in [6.45, 7) is 3.45. The molecule has 0 radical (unpaired) electrons. The molecule has 0 atom stereocenters. The van der Waals surface area contributed by atoms with E-state index in [1.807, 2.05) is 18.2 Å². The average Bonchev–Trinajstić information content (AvgIpc) is 2.55. The molecule has 0 spiro atoms. The van der Waals surface area contributed by atoms with Crippen LogP contribution in [0.1, 0.15) is 29.2 Å². The molecule has 2 aromatic rings. The highest BCUT2D eigenvalue weighted by molar-refractivity contribution is 5.91. The minimum Gasteiger partial charge on any atom is -0.456 e. The van der Waals surface area contributed by atoms with Gasteiger partial charge in [0.2, 0.25) is 0 Å². The van der Waals surface area contributed by atoms with Crippen molar-refractivity contribution in [2.45, 2.75) is 25.8 Å². The Labute approximate surface area is 134 Å². The molecule has 23 heavy (non-hydrogen) atoms. The van der Waals surface area contributed by atoms with Gasteiger partial charge in [-0.25, -0.2) is 0 Å². The summed E-state index contributed by atoms with van der Waals surface area (Å²) >= 11 is 0. The molecule has 1 amide bonds. The second kappa shape index (κ2) is 6.69. The largest absolute Gasteiger partial charge is 0.456 e. The fourth-order valence-corrected chi connectivity index (χ4v) is 2.89. The van der Waals surface area contributed by atoms with Crippen LogP contribution in [0.15, 0.2) is 51.7 Å². The van der Waals surface area contributed by atoms with E-state index >= 15 is 0 Å². The van der Waals surface area contributed by atoms with Crippen molar-refractivity contribution in [3.8, 4) is 0 Å². The van der Waals surface area contributed by atoms with E-state index in [4.69, 9.17) is 4.42 Å². The normalized spacial score (nSPS) is 15.4. The molecule has 1 aliphatic rings. The highest BCUT2D eigenvalue weighted by atomic mass is 16.3. The lowest BCUT2D eigenvalue weighted by Gasteiger charge is -2.33. The van der Waals surface area contributed by atoms with E-state index in [1.54, 1.807) is 6.92 Å². The maximum Gasteiger partial charge on any atom is 0.287 e. The third kappa shape index (κ3) is 3.80. The summed E-state index contributed by atoms with van der Waals surface area (Å²) in [5.74, 6) is 0.214. The predicted octanol–water partition coefficient (Wildman–Crippen LogP) is 2.35. The van der Waals surface area contributed by atoms with Crippen molar-refractivity contribution in [2.75, 3.05) is 18.0 Å². The van der Waals surface area contributed by atoms with Gasteiger partial charge in [-0.1, -0.05) is 18.2 Å². The summed E-state index contributed by atoms with van der Waals surface area (Å²) in [6, 6.07) is 13.0. The lowest BCUT2D eigenvalue weighted by atomic mass is 10.0. The number of aryl methyl sites for hydroxylation is 1. The Bertz CT molecular complexity index is 731. The lowest BCUT2D eigenvalue weighted by molar-refractivity contribution is 0.0899. The van der Waals surface area contributed by atoms with Crippen LogP contribution in [0.2, 0.25) is 0 Å². The molecule has 0 saturated carbocycles. The molecule has 120 valence electrons. The number of benzene rings is 1. The topological polar surface area (TPSA) is 62.6 Å². The standard InChI is InChI=1S/C18H20N2O3/c1-13-11-16(21)12-17(23-13)18(22)19-14-7-9-20(10-8-14)15-5-3-2-4-6-15/h2-6,11-12,14H,7-10H2,1H3,(H,19,22). The molecule has 1 fully saturated rings. The maximum absolute atomic E-state index is 12.2. The Hall–Kier alpha value is -2.56. The summed E-state index contributed by atoms with van der Waals surface area (Å²) in [4.78, 5) is 26.0. The van der Waals surface area contributed by atoms with Crippen LogP contribution in [0.5, 0.6) is 0 Å². The van der Waals surface area contributed by atoms with Crippen LogP contribution in [-0.2, 0) is 0 Å². The van der Waals surface area contributed by atoms with E-state index in [-0.39, 0.29) is 23.1 Å². The number of nitrogens with one attached hydrogen (secondary N) is 1. The van der Waals surface area contributed by atoms with Gasteiger partial charge in [-0.3, -0.25) is 9.59 Å². The summed E-state index contributed by atoms with van der Waals surface area (Å²) < 4.78 is 5.33. The SMILES string of the molecule is Cc1cc(=O)cc(C(=O)NC2CCN(c3ccccc3)CC2)o1. The minimum absolute atomic E-state index is 0.0838. The third-order valence-electron chi connectivity index (χ3n) is 4.07. The van der Waals surface area contributed by atoms with Gasteiger partial charge in [0.25, 0.3) is 5.91 Å². The van der Waals surface area contributed by atoms with E-state index in [0.717, 1.165) is 25.9 Å². The van der Waals surface area contributed by atoms with Crippen LogP contribution < -0.4 is 15.6 Å². The first-order valence-corrected chi connectivity index (χ1v) is 7.84. The number of hydrogen-bond donors (Lipinski definition) is 1. The van der Waals surface area contributed by atoms with Crippen LogP contribution in [-0.4, -0.2) is 25.0 Å². The summed E-state index contributed by atoms with van der Waals surface area (Å²) in [5, 5.41) is 2.96. The molecule has 1 saturated heterocycles. The number of carbonyl (C=O) groups excluding carboxylic acids is 1. The summed E-state index contributed by atoms with van der Waals surface area (Å²) in [6.07, 6.45) is 1.74. The quantitative estimate of drug-likeness (QED) is 0.945. The Kier molecular flexibility index (Phi) is 4.46. The van der Waals surface area contributed by atoms with Gasteiger partial charge in [-0.05, 0) is 31.9 Å². The predicted molar refractivity (Wildman–Crippen MR) is 88.9 cm³/mol. The molecule has 5 heteroatoms. The van der Waals surface area contributed by atoms with Gasteiger partial charge in [-0.2, -0.15) is 0 Å². The molecule has 5 nitrogen and oxygen atoms in total. The van der Waals surface area contributed by atoms with Crippen molar-refractivity contribution in [2.24, 2.45) is 0 Å². The smallest absolute Gasteiger partial charge is 0.287 e. The maximum atomic E-state index is 12.2. The van der Waals surface area contributed by atoms with Gasteiger partial charge < -0.3 is 14.6 Å². The highest BCUT2D eigenvalue weighted by Gasteiger charge is 2.22. The van der Waals surface area contributed by atoms with Crippen LogP contribution in [0, 0.1) is 6.92 Å². The van der Waals surface area contributed by atoms with Crippen molar-refractivity contribution in [1.29, 1.82) is 0 Å². The summed E-state index contributed by atoms with van der Waals surface area (Å²) in [5.41, 5.74) is 1.000. The van der Waals surface area contributed by atoms with E-state index in [9.17, 15) is 9.59 Å². The number of nitrogens with zero attached hydrogens (tertiary/aromatic N) is 1. The summed E-state index contributed by atoms with van der Waals surface area (Å²) in [7, 11) is 0. The molecule has 1 aliphatic heterocycles. The van der Waals surface area contributed by atoms with Crippen molar-refractivity contribution >= 4 is 11.6 Å². The number of anilines is 1. The van der Waals surface area contributed by atoms with Gasteiger partial charge in [0.1, 0.15) is 5.76 Å². The molecule has 0 aliphatic carbocycles.